The number of aromatic nitrogens is 7. The normalized spacial score (nSPS) is 11.9. The monoisotopic (exact) mass is 398 g/mol. The molecule has 3 aromatic heterocycles. The van der Waals surface area contributed by atoms with Gasteiger partial charge in [-0.15, -0.1) is 5.10 Å². The number of aromatic amines is 1. The summed E-state index contributed by atoms with van der Waals surface area (Å²) < 4.78 is 30.9. The lowest BCUT2D eigenvalue weighted by atomic mass is 10.0. The van der Waals surface area contributed by atoms with Crippen LogP contribution in [0, 0.1) is 13.8 Å². The highest BCUT2D eigenvalue weighted by Crippen LogP contribution is 2.33. The second-order valence-electron chi connectivity index (χ2n) is 6.60. The molecule has 4 rings (SSSR count). The summed E-state index contributed by atoms with van der Waals surface area (Å²) in [6.45, 7) is 3.75. The van der Waals surface area contributed by atoms with Crippen molar-refractivity contribution in [2.24, 2.45) is 5.73 Å². The predicted molar refractivity (Wildman–Crippen MR) is 98.2 cm³/mol. The molecule has 0 radical (unpaired) electrons. The summed E-state index contributed by atoms with van der Waals surface area (Å²) in [6.07, 6.45) is 0. The summed E-state index contributed by atoms with van der Waals surface area (Å²) in [4.78, 5) is 15.9. The molecule has 11 heteroatoms. The van der Waals surface area contributed by atoms with Gasteiger partial charge in [0.15, 0.2) is 5.65 Å². The summed E-state index contributed by atoms with van der Waals surface area (Å²) in [7, 11) is 0. The zero-order chi connectivity index (χ0) is 20.8. The van der Waals surface area contributed by atoms with Gasteiger partial charge in [0.25, 0.3) is 0 Å². The third kappa shape index (κ3) is 3.10. The Bertz CT molecular complexity index is 1220. The highest BCUT2D eigenvalue weighted by molar-refractivity contribution is 5.94. The molecule has 0 atom stereocenters. The van der Waals surface area contributed by atoms with Crippen LogP contribution in [-0.4, -0.2) is 41.3 Å². The molecule has 1 amide bonds. The van der Waals surface area contributed by atoms with E-state index in [9.17, 15) is 13.6 Å². The minimum absolute atomic E-state index is 0.154. The maximum absolute atomic E-state index is 14.7. The molecule has 0 bridgehead atoms. The minimum Gasteiger partial charge on any atom is -0.366 e. The summed E-state index contributed by atoms with van der Waals surface area (Å²) in [5, 5.41) is 16.8. The molecule has 0 aliphatic rings. The largest absolute Gasteiger partial charge is 0.366 e. The molecule has 4 aromatic rings. The van der Waals surface area contributed by atoms with Crippen LogP contribution in [0.3, 0.4) is 0 Å². The average Bonchev–Trinajstić information content (AvgIpc) is 3.32. The van der Waals surface area contributed by atoms with Crippen LogP contribution in [0.2, 0.25) is 0 Å². The molecule has 3 N–H and O–H groups in total. The number of hydrogen-bond acceptors (Lipinski definition) is 6. The van der Waals surface area contributed by atoms with Gasteiger partial charge in [-0.1, -0.05) is 12.1 Å². The van der Waals surface area contributed by atoms with Crippen molar-refractivity contribution in [3.8, 4) is 0 Å². The van der Waals surface area contributed by atoms with Gasteiger partial charge in [-0.2, -0.15) is 13.9 Å². The van der Waals surface area contributed by atoms with Crippen LogP contribution in [0.25, 0.3) is 11.0 Å². The Morgan fingerprint density at radius 2 is 2.03 bits per heavy atom. The van der Waals surface area contributed by atoms with Crippen molar-refractivity contribution in [2.75, 3.05) is 0 Å². The van der Waals surface area contributed by atoms with E-state index in [1.807, 2.05) is 13.0 Å². The van der Waals surface area contributed by atoms with Crippen molar-refractivity contribution in [1.29, 1.82) is 0 Å². The zero-order valence-corrected chi connectivity index (χ0v) is 15.5. The van der Waals surface area contributed by atoms with E-state index in [1.165, 1.54) is 16.8 Å². The number of benzene rings is 1. The number of halogens is 2. The maximum atomic E-state index is 14.7. The number of carbonyl (C=O) groups is 1. The fourth-order valence-corrected chi connectivity index (χ4v) is 3.20. The van der Waals surface area contributed by atoms with Crippen molar-refractivity contribution in [2.45, 2.75) is 26.3 Å². The van der Waals surface area contributed by atoms with Crippen LogP contribution in [-0.2, 0) is 12.5 Å². The second kappa shape index (κ2) is 6.69. The number of rotatable bonds is 5. The van der Waals surface area contributed by atoms with E-state index in [2.05, 4.69) is 30.7 Å². The van der Waals surface area contributed by atoms with Gasteiger partial charge in [0.2, 0.25) is 11.7 Å². The SMILES string of the molecule is Cc1cccc(C(N)=O)c1Cn1nc(C)c2ccc(C(F)(F)c3nnn[nH]3)nc21. The van der Waals surface area contributed by atoms with E-state index < -0.39 is 23.3 Å². The van der Waals surface area contributed by atoms with Crippen molar-refractivity contribution in [1.82, 2.24) is 35.4 Å². The molecule has 0 aliphatic heterocycles. The maximum Gasteiger partial charge on any atom is 0.349 e. The molecule has 0 unspecified atom stereocenters. The fourth-order valence-electron chi connectivity index (χ4n) is 3.20. The van der Waals surface area contributed by atoms with Gasteiger partial charge in [-0.25, -0.2) is 14.8 Å². The summed E-state index contributed by atoms with van der Waals surface area (Å²) in [6, 6.07) is 7.93. The number of H-pyrrole nitrogens is 1. The van der Waals surface area contributed by atoms with Gasteiger partial charge in [0, 0.05) is 10.9 Å². The van der Waals surface area contributed by atoms with E-state index in [1.54, 1.807) is 19.1 Å². The Morgan fingerprint density at radius 1 is 1.24 bits per heavy atom. The van der Waals surface area contributed by atoms with Gasteiger partial charge in [-0.05, 0) is 53.6 Å². The lowest BCUT2D eigenvalue weighted by molar-refractivity contribution is 0.0284. The Kier molecular flexibility index (Phi) is 4.29. The molecule has 1 aromatic carbocycles. The number of tetrazole rings is 1. The number of nitrogens with one attached hydrogen (secondary N) is 1. The van der Waals surface area contributed by atoms with Crippen LogP contribution in [0.1, 0.15) is 38.7 Å². The van der Waals surface area contributed by atoms with Crippen molar-refractivity contribution >= 4 is 16.9 Å². The van der Waals surface area contributed by atoms with E-state index in [-0.39, 0.29) is 12.2 Å². The number of carbonyl (C=O) groups excluding carboxylic acids is 1. The van der Waals surface area contributed by atoms with E-state index >= 15 is 0 Å². The summed E-state index contributed by atoms with van der Waals surface area (Å²) in [5.74, 6) is -4.79. The first-order valence-electron chi connectivity index (χ1n) is 8.64. The number of amides is 1. The van der Waals surface area contributed by atoms with Crippen molar-refractivity contribution in [3.05, 3.63) is 64.2 Å². The molecule has 29 heavy (non-hydrogen) atoms. The van der Waals surface area contributed by atoms with Gasteiger partial charge in [-0.3, -0.25) is 4.79 Å². The first-order chi connectivity index (χ1) is 13.8. The van der Waals surface area contributed by atoms with Gasteiger partial charge in [0.1, 0.15) is 5.69 Å². The van der Waals surface area contributed by atoms with Crippen molar-refractivity contribution < 1.29 is 13.6 Å². The molecule has 0 saturated carbocycles. The van der Waals surface area contributed by atoms with Crippen molar-refractivity contribution in [3.63, 3.8) is 0 Å². The second-order valence-corrected chi connectivity index (χ2v) is 6.60. The zero-order valence-electron chi connectivity index (χ0n) is 15.5. The number of fused-ring (bicyclic) bond motifs is 1. The predicted octanol–water partition coefficient (Wildman–Crippen LogP) is 1.85. The van der Waals surface area contributed by atoms with Crippen LogP contribution in [0.15, 0.2) is 30.3 Å². The van der Waals surface area contributed by atoms with Crippen LogP contribution < -0.4 is 5.73 Å². The smallest absolute Gasteiger partial charge is 0.349 e. The number of aryl methyl sites for hydroxylation is 2. The van der Waals surface area contributed by atoms with Crippen LogP contribution in [0.4, 0.5) is 8.78 Å². The topological polar surface area (TPSA) is 128 Å². The Labute approximate surface area is 162 Å². The van der Waals surface area contributed by atoms with E-state index in [4.69, 9.17) is 5.73 Å². The number of alkyl halides is 2. The Morgan fingerprint density at radius 3 is 2.72 bits per heavy atom. The number of hydrogen-bond donors (Lipinski definition) is 2. The molecular formula is C18H16F2N8O. The van der Waals surface area contributed by atoms with E-state index in [0.717, 1.165) is 5.56 Å². The van der Waals surface area contributed by atoms with Gasteiger partial charge >= 0.3 is 5.92 Å². The van der Waals surface area contributed by atoms with Crippen LogP contribution >= 0.6 is 0 Å². The molecule has 0 spiro atoms. The fraction of sp³-hybridized carbons (Fsp3) is 0.222. The van der Waals surface area contributed by atoms with Gasteiger partial charge in [0.05, 0.1) is 12.2 Å². The molecule has 0 fully saturated rings. The number of nitrogens with zero attached hydrogens (tertiary/aromatic N) is 6. The highest BCUT2D eigenvalue weighted by Gasteiger charge is 2.40. The van der Waals surface area contributed by atoms with E-state index in [0.29, 0.717) is 22.2 Å². The molecule has 0 aliphatic carbocycles. The summed E-state index contributed by atoms with van der Waals surface area (Å²) in [5.41, 5.74) is 7.67. The molecule has 0 saturated heterocycles. The molecule has 3 heterocycles. The number of nitrogens with two attached hydrogens (primary N) is 1. The quantitative estimate of drug-likeness (QED) is 0.528. The standard InChI is InChI=1S/C18H16F2N8O/c1-9-4-3-5-12(15(21)29)13(9)8-28-16-11(10(2)25-28)6-7-14(22-16)18(19,20)17-23-26-27-24-17/h3-7H,8H2,1-2H3,(H2,21,29)(H,23,24,26,27). The Hall–Kier alpha value is -3.76. The number of primary amides is 1. The average molecular weight is 398 g/mol. The lowest BCUT2D eigenvalue weighted by Gasteiger charge is -2.13. The minimum atomic E-state index is -3.51. The first-order valence-corrected chi connectivity index (χ1v) is 8.64. The Balaban J connectivity index is 1.84. The van der Waals surface area contributed by atoms with Crippen LogP contribution in [0.5, 0.6) is 0 Å². The number of pyridine rings is 1. The first kappa shape index (κ1) is 18.6. The van der Waals surface area contributed by atoms with Gasteiger partial charge < -0.3 is 5.73 Å². The highest BCUT2D eigenvalue weighted by atomic mass is 19.3. The lowest BCUT2D eigenvalue weighted by Crippen LogP contribution is -2.20. The molecular weight excluding hydrogens is 382 g/mol. The third-order valence-corrected chi connectivity index (χ3v) is 4.73. The molecule has 9 nitrogen and oxygen atoms in total. The third-order valence-electron chi connectivity index (χ3n) is 4.73. The summed E-state index contributed by atoms with van der Waals surface area (Å²) >= 11 is 0. The molecule has 148 valence electrons.